The number of hydrogen-bond acceptors (Lipinski definition) is 5. The predicted octanol–water partition coefficient (Wildman–Crippen LogP) is 0.855. The first kappa shape index (κ1) is 10.1. The van der Waals surface area contributed by atoms with Crippen molar-refractivity contribution >= 4 is 17.3 Å². The fourth-order valence-corrected chi connectivity index (χ4v) is 1.75. The maximum absolute atomic E-state index is 11.1. The van der Waals surface area contributed by atoms with Crippen LogP contribution in [0.2, 0.25) is 0 Å². The molecule has 5 heteroatoms. The molecule has 72 valence electrons. The third kappa shape index (κ3) is 2.50. The average molecular weight is 201 g/mol. The van der Waals surface area contributed by atoms with Gasteiger partial charge in [-0.1, -0.05) is 0 Å². The highest BCUT2D eigenvalue weighted by Crippen LogP contribution is 2.15. The monoisotopic (exact) mass is 201 g/mol. The Morgan fingerprint density at radius 2 is 2.54 bits per heavy atom. The van der Waals surface area contributed by atoms with Gasteiger partial charge in [0.15, 0.2) is 5.69 Å². The van der Waals surface area contributed by atoms with E-state index in [1.165, 1.54) is 18.4 Å². The van der Waals surface area contributed by atoms with Gasteiger partial charge in [-0.05, 0) is 12.8 Å². The highest BCUT2D eigenvalue weighted by atomic mass is 32.1. The molecule has 1 aromatic heterocycles. The van der Waals surface area contributed by atoms with Crippen molar-refractivity contribution in [2.24, 2.45) is 0 Å². The zero-order valence-electron chi connectivity index (χ0n) is 7.32. The van der Waals surface area contributed by atoms with E-state index >= 15 is 0 Å². The SMILES string of the molecule is COC(=O)c1ncsc1CCCO. The van der Waals surface area contributed by atoms with Gasteiger partial charge in [-0.3, -0.25) is 0 Å². The van der Waals surface area contributed by atoms with E-state index in [2.05, 4.69) is 9.72 Å². The van der Waals surface area contributed by atoms with Crippen molar-refractivity contribution < 1.29 is 14.6 Å². The number of aryl methyl sites for hydroxylation is 1. The lowest BCUT2D eigenvalue weighted by Gasteiger charge is -1.98. The van der Waals surface area contributed by atoms with Crippen LogP contribution in [-0.2, 0) is 11.2 Å². The van der Waals surface area contributed by atoms with E-state index in [-0.39, 0.29) is 6.61 Å². The van der Waals surface area contributed by atoms with E-state index in [1.54, 1.807) is 5.51 Å². The Labute approximate surface area is 80.2 Å². The summed E-state index contributed by atoms with van der Waals surface area (Å²) in [7, 11) is 1.33. The minimum Gasteiger partial charge on any atom is -0.464 e. The van der Waals surface area contributed by atoms with Gasteiger partial charge < -0.3 is 9.84 Å². The van der Waals surface area contributed by atoms with Crippen LogP contribution in [0.5, 0.6) is 0 Å². The molecular weight excluding hydrogens is 190 g/mol. The molecule has 1 heterocycles. The highest BCUT2D eigenvalue weighted by Gasteiger charge is 2.14. The van der Waals surface area contributed by atoms with Crippen molar-refractivity contribution in [3.63, 3.8) is 0 Å². The lowest BCUT2D eigenvalue weighted by molar-refractivity contribution is 0.0593. The summed E-state index contributed by atoms with van der Waals surface area (Å²) in [5, 5.41) is 8.62. The molecule has 0 bridgehead atoms. The number of rotatable bonds is 4. The predicted molar refractivity (Wildman–Crippen MR) is 48.9 cm³/mol. The normalized spacial score (nSPS) is 10.0. The first-order valence-corrected chi connectivity index (χ1v) is 4.79. The highest BCUT2D eigenvalue weighted by molar-refractivity contribution is 7.09. The number of hydrogen-bond donors (Lipinski definition) is 1. The third-order valence-electron chi connectivity index (χ3n) is 1.58. The fraction of sp³-hybridized carbons (Fsp3) is 0.500. The molecular formula is C8H11NO3S. The lowest BCUT2D eigenvalue weighted by atomic mass is 10.2. The van der Waals surface area contributed by atoms with Crippen LogP contribution in [0.3, 0.4) is 0 Å². The van der Waals surface area contributed by atoms with Crippen LogP contribution in [0.25, 0.3) is 0 Å². The van der Waals surface area contributed by atoms with Crippen LogP contribution in [0.1, 0.15) is 21.8 Å². The van der Waals surface area contributed by atoms with Crippen molar-refractivity contribution in [2.45, 2.75) is 12.8 Å². The zero-order valence-corrected chi connectivity index (χ0v) is 8.13. The lowest BCUT2D eigenvalue weighted by Crippen LogP contribution is -2.05. The molecule has 0 radical (unpaired) electrons. The number of aliphatic hydroxyl groups excluding tert-OH is 1. The van der Waals surface area contributed by atoms with Gasteiger partial charge >= 0.3 is 5.97 Å². The largest absolute Gasteiger partial charge is 0.464 e. The quantitative estimate of drug-likeness (QED) is 0.734. The van der Waals surface area contributed by atoms with E-state index in [9.17, 15) is 4.79 Å². The van der Waals surface area contributed by atoms with Crippen LogP contribution in [0.4, 0.5) is 0 Å². The molecule has 0 aliphatic carbocycles. The number of thiazole rings is 1. The maximum atomic E-state index is 11.1. The summed E-state index contributed by atoms with van der Waals surface area (Å²) in [5.41, 5.74) is 1.99. The minimum atomic E-state index is -0.408. The number of nitrogens with zero attached hydrogens (tertiary/aromatic N) is 1. The van der Waals surface area contributed by atoms with Gasteiger partial charge in [0, 0.05) is 11.5 Å². The molecule has 4 nitrogen and oxygen atoms in total. The maximum Gasteiger partial charge on any atom is 0.357 e. The summed E-state index contributed by atoms with van der Waals surface area (Å²) in [4.78, 5) is 15.9. The molecule has 0 aromatic carbocycles. The second kappa shape index (κ2) is 4.94. The molecule has 13 heavy (non-hydrogen) atoms. The van der Waals surface area contributed by atoms with Crippen LogP contribution >= 0.6 is 11.3 Å². The minimum absolute atomic E-state index is 0.124. The summed E-state index contributed by atoms with van der Waals surface area (Å²) in [6.45, 7) is 0.124. The van der Waals surface area contributed by atoms with E-state index in [0.717, 1.165) is 4.88 Å². The summed E-state index contributed by atoms with van der Waals surface area (Å²) < 4.78 is 4.56. The zero-order chi connectivity index (χ0) is 9.68. The molecule has 0 fully saturated rings. The number of aliphatic hydroxyl groups is 1. The molecule has 0 atom stereocenters. The second-order valence-electron chi connectivity index (χ2n) is 2.44. The summed E-state index contributed by atoms with van der Waals surface area (Å²) in [6, 6.07) is 0. The van der Waals surface area contributed by atoms with Gasteiger partial charge in [0.1, 0.15) is 0 Å². The Bertz CT molecular complexity index is 285. The fourth-order valence-electron chi connectivity index (χ4n) is 0.951. The Balaban J connectivity index is 2.71. The molecule has 0 aliphatic rings. The van der Waals surface area contributed by atoms with Gasteiger partial charge in [-0.25, -0.2) is 9.78 Å². The van der Waals surface area contributed by atoms with Gasteiger partial charge in [-0.15, -0.1) is 11.3 Å². The number of carbonyl (C=O) groups excluding carboxylic acids is 1. The van der Waals surface area contributed by atoms with Crippen molar-refractivity contribution in [1.29, 1.82) is 0 Å². The van der Waals surface area contributed by atoms with Crippen molar-refractivity contribution in [3.05, 3.63) is 16.1 Å². The second-order valence-corrected chi connectivity index (χ2v) is 3.38. The molecule has 0 saturated heterocycles. The number of aromatic nitrogens is 1. The van der Waals surface area contributed by atoms with Crippen LogP contribution in [0, 0.1) is 0 Å². The number of carbonyl (C=O) groups is 1. The van der Waals surface area contributed by atoms with Crippen LogP contribution < -0.4 is 0 Å². The topological polar surface area (TPSA) is 59.4 Å². The molecule has 0 spiro atoms. The summed E-state index contributed by atoms with van der Waals surface area (Å²) in [6.07, 6.45) is 1.32. The molecule has 1 aromatic rings. The van der Waals surface area contributed by atoms with Gasteiger partial charge in [-0.2, -0.15) is 0 Å². The van der Waals surface area contributed by atoms with Gasteiger partial charge in [0.05, 0.1) is 12.6 Å². The Hall–Kier alpha value is -0.940. The third-order valence-corrected chi connectivity index (χ3v) is 2.47. The van der Waals surface area contributed by atoms with Crippen LogP contribution in [0.15, 0.2) is 5.51 Å². The Kier molecular flexibility index (Phi) is 3.85. The molecule has 1 rings (SSSR count). The van der Waals surface area contributed by atoms with E-state index in [1.807, 2.05) is 0 Å². The Morgan fingerprint density at radius 1 is 1.77 bits per heavy atom. The first-order chi connectivity index (χ1) is 6.29. The molecule has 0 saturated carbocycles. The van der Waals surface area contributed by atoms with E-state index in [0.29, 0.717) is 18.5 Å². The van der Waals surface area contributed by atoms with Crippen molar-refractivity contribution in [3.8, 4) is 0 Å². The smallest absolute Gasteiger partial charge is 0.357 e. The molecule has 1 N–H and O–H groups in total. The number of ether oxygens (including phenoxy) is 1. The standard InChI is InChI=1S/C8H11NO3S/c1-12-8(11)7-6(3-2-4-10)13-5-9-7/h5,10H,2-4H2,1H3. The average Bonchev–Trinajstić information content (AvgIpc) is 2.61. The van der Waals surface area contributed by atoms with Gasteiger partial charge in [0.25, 0.3) is 0 Å². The van der Waals surface area contributed by atoms with Crippen LogP contribution in [-0.4, -0.2) is 29.8 Å². The molecule has 0 unspecified atom stereocenters. The number of methoxy groups -OCH3 is 1. The van der Waals surface area contributed by atoms with E-state index in [4.69, 9.17) is 5.11 Å². The summed E-state index contributed by atoms with van der Waals surface area (Å²) >= 11 is 1.41. The first-order valence-electron chi connectivity index (χ1n) is 3.91. The Morgan fingerprint density at radius 3 is 3.15 bits per heavy atom. The summed E-state index contributed by atoms with van der Waals surface area (Å²) in [5.74, 6) is -0.408. The molecule has 0 aliphatic heterocycles. The van der Waals surface area contributed by atoms with Gasteiger partial charge in [0.2, 0.25) is 0 Å². The number of esters is 1. The van der Waals surface area contributed by atoms with Crippen molar-refractivity contribution in [1.82, 2.24) is 4.98 Å². The van der Waals surface area contributed by atoms with Crippen molar-refractivity contribution in [2.75, 3.05) is 13.7 Å². The molecule has 0 amide bonds. The van der Waals surface area contributed by atoms with E-state index < -0.39 is 5.97 Å².